The van der Waals surface area contributed by atoms with Gasteiger partial charge in [-0.25, -0.2) is 0 Å². The minimum atomic E-state index is -0.143. The van der Waals surface area contributed by atoms with Crippen molar-refractivity contribution in [3.05, 3.63) is 0 Å². The maximum Gasteiger partial charge on any atom is 0.0733 e. The largest absolute Gasteiger partial charge is 0.391 e. The summed E-state index contributed by atoms with van der Waals surface area (Å²) in [7, 11) is 0. The van der Waals surface area contributed by atoms with Gasteiger partial charge in [-0.15, -0.1) is 0 Å². The normalized spacial score (nSPS) is 31.6. The van der Waals surface area contributed by atoms with Crippen LogP contribution in [0, 0.1) is 5.92 Å². The first-order chi connectivity index (χ1) is 8.04. The molecule has 2 heteroatoms. The summed E-state index contributed by atoms with van der Waals surface area (Å²) in [6.45, 7) is 11.0. The van der Waals surface area contributed by atoms with E-state index >= 15 is 0 Å². The van der Waals surface area contributed by atoms with Gasteiger partial charge in [0.15, 0.2) is 0 Å². The first kappa shape index (κ1) is 15.0. The van der Waals surface area contributed by atoms with Crippen molar-refractivity contribution < 1.29 is 5.11 Å². The van der Waals surface area contributed by atoms with Gasteiger partial charge in [0.25, 0.3) is 0 Å². The molecular weight excluding hydrogens is 210 g/mol. The standard InChI is InChI=1S/C15H31NO/c1-6-8-9-10-13-14(15(17)11(3)4)16(13)12(5)7-2/h11-15,17H,6-10H2,1-5H3/t12?,13-,14+,15-,16?/m1/s1. The topological polar surface area (TPSA) is 23.2 Å². The first-order valence-electron chi connectivity index (χ1n) is 7.50. The summed E-state index contributed by atoms with van der Waals surface area (Å²) in [6, 6.07) is 1.70. The summed E-state index contributed by atoms with van der Waals surface area (Å²) < 4.78 is 0. The highest BCUT2D eigenvalue weighted by Crippen LogP contribution is 2.39. The lowest BCUT2D eigenvalue weighted by atomic mass is 10.0. The second kappa shape index (κ2) is 6.75. The van der Waals surface area contributed by atoms with Crippen molar-refractivity contribution >= 4 is 0 Å². The Hall–Kier alpha value is -0.0800. The quantitative estimate of drug-likeness (QED) is 0.520. The average molecular weight is 241 g/mol. The van der Waals surface area contributed by atoms with Crippen LogP contribution in [0.3, 0.4) is 0 Å². The van der Waals surface area contributed by atoms with Gasteiger partial charge < -0.3 is 5.11 Å². The molecule has 0 aromatic carbocycles. The van der Waals surface area contributed by atoms with Crippen molar-refractivity contribution in [3.63, 3.8) is 0 Å². The molecule has 2 nitrogen and oxygen atoms in total. The molecule has 1 fully saturated rings. The molecule has 1 aliphatic heterocycles. The van der Waals surface area contributed by atoms with Gasteiger partial charge in [-0.05, 0) is 25.7 Å². The predicted octanol–water partition coefficient (Wildman–Crippen LogP) is 3.43. The van der Waals surface area contributed by atoms with Crippen LogP contribution in [0.4, 0.5) is 0 Å². The number of rotatable bonds is 8. The zero-order valence-corrected chi connectivity index (χ0v) is 12.3. The lowest BCUT2D eigenvalue weighted by Gasteiger charge is -2.17. The zero-order chi connectivity index (χ0) is 13.0. The third-order valence-electron chi connectivity index (χ3n) is 4.27. The highest BCUT2D eigenvalue weighted by atomic mass is 16.3. The van der Waals surface area contributed by atoms with E-state index in [1.807, 2.05) is 0 Å². The maximum absolute atomic E-state index is 10.3. The molecule has 0 saturated carbocycles. The van der Waals surface area contributed by atoms with E-state index in [4.69, 9.17) is 0 Å². The summed E-state index contributed by atoms with van der Waals surface area (Å²) in [5, 5.41) is 10.3. The van der Waals surface area contributed by atoms with Crippen LogP contribution in [0.15, 0.2) is 0 Å². The van der Waals surface area contributed by atoms with Crippen molar-refractivity contribution in [3.8, 4) is 0 Å². The van der Waals surface area contributed by atoms with E-state index in [1.54, 1.807) is 0 Å². The Morgan fingerprint density at radius 3 is 2.24 bits per heavy atom. The summed E-state index contributed by atoms with van der Waals surface area (Å²) in [6.07, 6.45) is 6.24. The highest BCUT2D eigenvalue weighted by molar-refractivity contribution is 5.08. The molecule has 1 N–H and O–H groups in total. The van der Waals surface area contributed by atoms with Crippen LogP contribution >= 0.6 is 0 Å². The van der Waals surface area contributed by atoms with Crippen LogP contribution < -0.4 is 0 Å². The number of hydrogen-bond donors (Lipinski definition) is 1. The van der Waals surface area contributed by atoms with E-state index in [1.165, 1.54) is 32.1 Å². The zero-order valence-electron chi connectivity index (χ0n) is 12.3. The summed E-state index contributed by atoms with van der Waals surface area (Å²) in [4.78, 5) is 2.54. The SMILES string of the molecule is CCCCC[C@@H]1[C@@H]([C@H](O)C(C)C)N1C(C)CC. The molecular formula is C15H31NO. The Morgan fingerprint density at radius 2 is 1.76 bits per heavy atom. The number of nitrogens with zero attached hydrogens (tertiary/aromatic N) is 1. The lowest BCUT2D eigenvalue weighted by molar-refractivity contribution is 0.104. The second-order valence-corrected chi connectivity index (χ2v) is 5.99. The number of hydrogen-bond acceptors (Lipinski definition) is 2. The molecule has 2 unspecified atom stereocenters. The Kier molecular flexibility index (Phi) is 5.94. The summed E-state index contributed by atoms with van der Waals surface area (Å²) in [5.74, 6) is 0.378. The maximum atomic E-state index is 10.3. The predicted molar refractivity (Wildman–Crippen MR) is 74.2 cm³/mol. The molecule has 5 atom stereocenters. The highest BCUT2D eigenvalue weighted by Gasteiger charge is 2.52. The minimum absolute atomic E-state index is 0.143. The van der Waals surface area contributed by atoms with Crippen LogP contribution in [0.25, 0.3) is 0 Å². The summed E-state index contributed by atoms with van der Waals surface area (Å²) in [5.41, 5.74) is 0. The van der Waals surface area contributed by atoms with Crippen LogP contribution in [0.1, 0.15) is 66.7 Å². The fraction of sp³-hybridized carbons (Fsp3) is 1.00. The van der Waals surface area contributed by atoms with E-state index in [0.717, 1.165) is 0 Å². The number of aliphatic hydroxyl groups excluding tert-OH is 1. The van der Waals surface area contributed by atoms with E-state index < -0.39 is 0 Å². The molecule has 0 radical (unpaired) electrons. The molecule has 0 aromatic rings. The van der Waals surface area contributed by atoms with Crippen molar-refractivity contribution in [2.75, 3.05) is 0 Å². The van der Waals surface area contributed by atoms with Gasteiger partial charge >= 0.3 is 0 Å². The molecule has 1 saturated heterocycles. The fourth-order valence-electron chi connectivity index (χ4n) is 2.87. The Bertz CT molecular complexity index is 217. The Balaban J connectivity index is 2.49. The van der Waals surface area contributed by atoms with E-state index in [9.17, 15) is 5.11 Å². The van der Waals surface area contributed by atoms with Crippen LogP contribution in [-0.4, -0.2) is 34.2 Å². The van der Waals surface area contributed by atoms with Gasteiger partial charge in [0.1, 0.15) is 0 Å². The summed E-state index contributed by atoms with van der Waals surface area (Å²) >= 11 is 0. The Labute approximate surface area is 107 Å². The van der Waals surface area contributed by atoms with Gasteiger partial charge in [0.2, 0.25) is 0 Å². The number of unbranched alkanes of at least 4 members (excludes halogenated alkanes) is 2. The van der Waals surface area contributed by atoms with Crippen LogP contribution in [0.2, 0.25) is 0 Å². The van der Waals surface area contributed by atoms with Gasteiger partial charge in [0.05, 0.1) is 12.1 Å². The van der Waals surface area contributed by atoms with E-state index in [2.05, 4.69) is 39.5 Å². The second-order valence-electron chi connectivity index (χ2n) is 5.99. The molecule has 0 spiro atoms. The van der Waals surface area contributed by atoms with Gasteiger partial charge in [-0.3, -0.25) is 4.90 Å². The third-order valence-corrected chi connectivity index (χ3v) is 4.27. The molecule has 0 amide bonds. The molecule has 0 aliphatic carbocycles. The van der Waals surface area contributed by atoms with Crippen LogP contribution in [0.5, 0.6) is 0 Å². The number of aliphatic hydroxyl groups is 1. The van der Waals surface area contributed by atoms with Gasteiger partial charge in [0, 0.05) is 12.1 Å². The third kappa shape index (κ3) is 3.69. The molecule has 0 aromatic heterocycles. The lowest BCUT2D eigenvalue weighted by Crippen LogP contribution is -2.27. The average Bonchev–Trinajstić information content (AvgIpc) is 3.01. The van der Waals surface area contributed by atoms with E-state index in [-0.39, 0.29) is 6.10 Å². The van der Waals surface area contributed by atoms with Crippen LogP contribution in [-0.2, 0) is 0 Å². The molecule has 0 bridgehead atoms. The molecule has 1 heterocycles. The first-order valence-corrected chi connectivity index (χ1v) is 7.50. The minimum Gasteiger partial charge on any atom is -0.391 e. The molecule has 1 aliphatic rings. The van der Waals surface area contributed by atoms with Gasteiger partial charge in [-0.2, -0.15) is 0 Å². The molecule has 1 rings (SSSR count). The van der Waals surface area contributed by atoms with Gasteiger partial charge in [-0.1, -0.05) is 47.0 Å². The molecule has 17 heavy (non-hydrogen) atoms. The Morgan fingerprint density at radius 1 is 1.12 bits per heavy atom. The smallest absolute Gasteiger partial charge is 0.0733 e. The fourth-order valence-corrected chi connectivity index (χ4v) is 2.87. The van der Waals surface area contributed by atoms with Crippen molar-refractivity contribution in [1.82, 2.24) is 4.90 Å². The van der Waals surface area contributed by atoms with Crippen molar-refractivity contribution in [2.45, 2.75) is 91.0 Å². The van der Waals surface area contributed by atoms with Crippen molar-refractivity contribution in [2.24, 2.45) is 5.92 Å². The molecule has 102 valence electrons. The monoisotopic (exact) mass is 241 g/mol. The van der Waals surface area contributed by atoms with Crippen molar-refractivity contribution in [1.29, 1.82) is 0 Å². The van der Waals surface area contributed by atoms with E-state index in [0.29, 0.717) is 24.0 Å².